The maximum absolute atomic E-state index is 6.09. The Bertz CT molecular complexity index is 1150. The molecule has 0 saturated carbocycles. The first-order valence-corrected chi connectivity index (χ1v) is 14.2. The van der Waals surface area contributed by atoms with Crippen molar-refractivity contribution in [3.05, 3.63) is 83.8 Å². The maximum atomic E-state index is 6.09. The first-order chi connectivity index (χ1) is 15.0. The van der Waals surface area contributed by atoms with Gasteiger partial charge in [-0.05, 0) is 138 Å². The molecule has 0 spiro atoms. The molecule has 0 aromatic heterocycles. The summed E-state index contributed by atoms with van der Waals surface area (Å²) in [6.07, 6.45) is 3.63. The van der Waals surface area contributed by atoms with Gasteiger partial charge in [0.05, 0.1) is 30.4 Å². The van der Waals surface area contributed by atoms with E-state index in [0.717, 1.165) is 71.0 Å². The molecule has 0 unspecified atom stereocenters. The zero-order chi connectivity index (χ0) is 23.7. The van der Waals surface area contributed by atoms with Crippen LogP contribution in [0, 0.1) is 27.7 Å². The fraction of sp³-hybridized carbons (Fsp3) is 0.167. The molecule has 0 aliphatic heterocycles. The Balaban J connectivity index is 2.07. The lowest BCUT2D eigenvalue weighted by Gasteiger charge is -2.13. The van der Waals surface area contributed by atoms with Gasteiger partial charge in [-0.1, -0.05) is 31.9 Å². The van der Waals surface area contributed by atoms with E-state index >= 15 is 0 Å². The Kier molecular flexibility index (Phi) is 9.17. The molecule has 3 aromatic rings. The molecule has 0 aliphatic carbocycles. The van der Waals surface area contributed by atoms with Gasteiger partial charge < -0.3 is 9.47 Å². The van der Waals surface area contributed by atoms with Gasteiger partial charge in [-0.15, -0.1) is 0 Å². The van der Waals surface area contributed by atoms with E-state index in [1.165, 1.54) is 0 Å². The lowest BCUT2D eigenvalue weighted by molar-refractivity contribution is 0.530. The van der Waals surface area contributed by atoms with Crippen LogP contribution in [0.5, 0.6) is 11.5 Å². The number of ether oxygens (including phenoxy) is 2. The van der Waals surface area contributed by atoms with Crippen LogP contribution < -0.4 is 19.9 Å². The minimum atomic E-state index is 0.728. The topological polar surface area (TPSA) is 18.5 Å². The highest BCUT2D eigenvalue weighted by Crippen LogP contribution is 2.37. The van der Waals surface area contributed by atoms with Gasteiger partial charge >= 0.3 is 0 Å². The molecule has 168 valence electrons. The van der Waals surface area contributed by atoms with Crippen molar-refractivity contribution in [2.45, 2.75) is 27.7 Å². The molecule has 3 rings (SSSR count). The largest absolute Gasteiger partial charge is 0.462 e. The Morgan fingerprint density at radius 3 is 1.00 bits per heavy atom. The minimum absolute atomic E-state index is 0.728. The molecule has 0 aliphatic rings. The average Bonchev–Trinajstić information content (AvgIpc) is 2.69. The summed E-state index contributed by atoms with van der Waals surface area (Å²) in [6, 6.07) is 7.83. The van der Waals surface area contributed by atoms with Crippen molar-refractivity contribution in [1.82, 2.24) is 0 Å². The van der Waals surface area contributed by atoms with Crippen LogP contribution in [0.4, 0.5) is 0 Å². The normalized spacial score (nSPS) is 10.8. The van der Waals surface area contributed by atoms with Gasteiger partial charge in [0.1, 0.15) is 0 Å². The van der Waals surface area contributed by atoms with Crippen LogP contribution in [0.15, 0.2) is 51.1 Å². The highest BCUT2D eigenvalue weighted by molar-refractivity contribution is 9.12. The van der Waals surface area contributed by atoms with Crippen LogP contribution in [-0.4, -0.2) is 0 Å². The second-order valence-corrected chi connectivity index (χ2v) is 12.4. The lowest BCUT2D eigenvalue weighted by atomic mass is 9.96. The van der Waals surface area contributed by atoms with Crippen molar-refractivity contribution in [2.24, 2.45) is 0 Å². The summed E-state index contributed by atoms with van der Waals surface area (Å²) in [6.45, 7) is 8.41. The molecule has 0 N–H and O–H groups in total. The molecule has 0 amide bonds. The third-order valence-corrected chi connectivity index (χ3v) is 8.53. The van der Waals surface area contributed by atoms with Gasteiger partial charge in [0, 0.05) is 19.4 Å². The quantitative estimate of drug-likeness (QED) is 0.262. The van der Waals surface area contributed by atoms with Crippen molar-refractivity contribution in [3.63, 3.8) is 0 Å². The molecule has 0 saturated heterocycles. The molecule has 32 heavy (non-hydrogen) atoms. The van der Waals surface area contributed by atoms with E-state index in [-0.39, 0.29) is 0 Å². The number of rotatable bonds is 4. The summed E-state index contributed by atoms with van der Waals surface area (Å²) in [5.41, 5.74) is 4.56. The van der Waals surface area contributed by atoms with E-state index in [0.29, 0.717) is 0 Å². The standard InChI is InChI=1S/C24H18Br6O2/c1-11-12(2)18(10-32-24-21(29)7-16(26)8-22(24)30)14(4)13(3)17(11)9-31-23-19(27)5-15(25)6-20(23)28/h5-10H,1-4H3. The highest BCUT2D eigenvalue weighted by atomic mass is 79.9. The van der Waals surface area contributed by atoms with E-state index in [1.54, 1.807) is 0 Å². The van der Waals surface area contributed by atoms with Crippen LogP contribution >= 0.6 is 95.6 Å². The Labute approximate surface area is 238 Å². The highest BCUT2D eigenvalue weighted by Gasteiger charge is 2.12. The zero-order valence-corrected chi connectivity index (χ0v) is 27.1. The third kappa shape index (κ3) is 5.74. The lowest BCUT2D eigenvalue weighted by Crippen LogP contribution is -2.26. The Hall–Kier alpha value is -0.120. The summed E-state index contributed by atoms with van der Waals surface area (Å²) in [5, 5.41) is 2.12. The van der Waals surface area contributed by atoms with Gasteiger partial charge in [0.15, 0.2) is 11.5 Å². The third-order valence-electron chi connectivity index (χ3n) is 5.26. The van der Waals surface area contributed by atoms with E-state index < -0.39 is 0 Å². The molecule has 0 bridgehead atoms. The predicted molar refractivity (Wildman–Crippen MR) is 154 cm³/mol. The number of hydrogen-bond acceptors (Lipinski definition) is 2. The molecule has 0 atom stereocenters. The van der Waals surface area contributed by atoms with Gasteiger partial charge in [0.25, 0.3) is 0 Å². The van der Waals surface area contributed by atoms with E-state index in [1.807, 2.05) is 36.8 Å². The van der Waals surface area contributed by atoms with Crippen molar-refractivity contribution in [2.75, 3.05) is 0 Å². The molecular weight excluding hydrogens is 800 g/mol. The number of benzene rings is 3. The summed E-state index contributed by atoms with van der Waals surface area (Å²) >= 11 is 21.3. The van der Waals surface area contributed by atoms with Crippen LogP contribution in [0.2, 0.25) is 0 Å². The average molecular weight is 818 g/mol. The monoisotopic (exact) mass is 812 g/mol. The van der Waals surface area contributed by atoms with Gasteiger partial charge in [-0.2, -0.15) is 0 Å². The summed E-state index contributed by atoms with van der Waals surface area (Å²) < 4.78 is 17.6. The molecule has 0 fully saturated rings. The number of hydrogen-bond donors (Lipinski definition) is 0. The Morgan fingerprint density at radius 1 is 0.500 bits per heavy atom. The van der Waals surface area contributed by atoms with Crippen LogP contribution in [0.3, 0.4) is 0 Å². The van der Waals surface area contributed by atoms with Crippen molar-refractivity contribution >= 4 is 108 Å². The van der Waals surface area contributed by atoms with Crippen LogP contribution in [-0.2, 0) is 0 Å². The van der Waals surface area contributed by atoms with Crippen molar-refractivity contribution in [3.8, 4) is 11.5 Å². The maximum Gasteiger partial charge on any atom is 0.154 e. The van der Waals surface area contributed by atoms with Crippen LogP contribution in [0.1, 0.15) is 22.3 Å². The van der Waals surface area contributed by atoms with Crippen molar-refractivity contribution in [1.29, 1.82) is 0 Å². The van der Waals surface area contributed by atoms with Gasteiger partial charge in [-0.25, -0.2) is 0 Å². The molecular formula is C24H18Br6O2. The fourth-order valence-electron chi connectivity index (χ4n) is 3.24. The fourth-order valence-corrected chi connectivity index (χ4v) is 8.13. The minimum Gasteiger partial charge on any atom is -0.462 e. The van der Waals surface area contributed by atoms with Crippen LogP contribution in [0.25, 0.3) is 12.5 Å². The molecule has 8 heteroatoms. The van der Waals surface area contributed by atoms with E-state index in [4.69, 9.17) is 9.47 Å². The number of halogens is 6. The molecule has 0 radical (unpaired) electrons. The summed E-state index contributed by atoms with van der Waals surface area (Å²) in [5.74, 6) is 1.46. The second-order valence-electron chi connectivity index (χ2n) is 7.20. The zero-order valence-electron chi connectivity index (χ0n) is 17.5. The first-order valence-electron chi connectivity index (χ1n) is 9.40. The summed E-state index contributed by atoms with van der Waals surface area (Å²) in [4.78, 5) is 0. The SMILES string of the molecule is Cc1c(C)c(=COc2c(Br)cc(Br)cc2Br)c(C)c(C)c1=COc1c(Br)cc(Br)cc1Br. The molecule has 3 aromatic carbocycles. The van der Waals surface area contributed by atoms with Gasteiger partial charge in [0.2, 0.25) is 0 Å². The molecule has 0 heterocycles. The van der Waals surface area contributed by atoms with E-state index in [2.05, 4.69) is 123 Å². The second kappa shape index (κ2) is 11.1. The smallest absolute Gasteiger partial charge is 0.154 e. The van der Waals surface area contributed by atoms with Crippen molar-refractivity contribution < 1.29 is 9.47 Å². The summed E-state index contributed by atoms with van der Waals surface area (Å²) in [7, 11) is 0. The molecule has 2 nitrogen and oxygen atoms in total. The predicted octanol–water partition coefficient (Wildman–Crippen LogP) is 9.13. The Morgan fingerprint density at radius 2 is 0.750 bits per heavy atom. The van der Waals surface area contributed by atoms with Gasteiger partial charge in [-0.3, -0.25) is 0 Å². The first kappa shape index (κ1) is 26.5. The van der Waals surface area contributed by atoms with E-state index in [9.17, 15) is 0 Å².